The molecule has 0 atom stereocenters. The first-order valence-electron chi connectivity index (χ1n) is 10.0. The molecule has 0 radical (unpaired) electrons. The van der Waals surface area contributed by atoms with Gasteiger partial charge in [-0.1, -0.05) is 0 Å². The highest BCUT2D eigenvalue weighted by molar-refractivity contribution is 7.17. The van der Waals surface area contributed by atoms with Crippen LogP contribution < -0.4 is 10.6 Å². The van der Waals surface area contributed by atoms with Gasteiger partial charge >= 0.3 is 12.2 Å². The number of hydrogen-bond donors (Lipinski definition) is 2. The van der Waals surface area contributed by atoms with E-state index in [9.17, 15) is 22.8 Å². The molecule has 2 amide bonds. The maximum absolute atomic E-state index is 13.2. The lowest BCUT2D eigenvalue weighted by atomic mass is 10.1. The topological polar surface area (TPSA) is 128 Å². The lowest BCUT2D eigenvalue weighted by Crippen LogP contribution is -2.28. The van der Waals surface area contributed by atoms with E-state index in [4.69, 9.17) is 0 Å². The average molecular weight is 523 g/mol. The van der Waals surface area contributed by atoms with Crippen LogP contribution in [-0.2, 0) is 13.2 Å². The number of ketones is 1. The molecule has 0 aliphatic heterocycles. The van der Waals surface area contributed by atoms with Crippen LogP contribution in [0.1, 0.15) is 29.2 Å². The second kappa shape index (κ2) is 9.50. The molecule has 10 nitrogen and oxygen atoms in total. The summed E-state index contributed by atoms with van der Waals surface area (Å²) in [5, 5.41) is 10.4. The van der Waals surface area contributed by atoms with Gasteiger partial charge in [0.2, 0.25) is 0 Å². The van der Waals surface area contributed by atoms with E-state index in [0.29, 0.717) is 33.5 Å². The van der Waals surface area contributed by atoms with Crippen molar-refractivity contribution in [1.82, 2.24) is 35.0 Å². The zero-order chi connectivity index (χ0) is 25.3. The summed E-state index contributed by atoms with van der Waals surface area (Å²) in [4.78, 5) is 41.3. The number of thiazole rings is 2. The Morgan fingerprint density at radius 3 is 2.51 bits per heavy atom. The molecule has 0 aromatic carbocycles. The smallest absolute Gasteiger partial charge is 0.338 e. The number of carbonyl (C=O) groups excluding carboxylic acids is 2. The third-order valence-corrected chi connectivity index (χ3v) is 6.67. The lowest BCUT2D eigenvalue weighted by molar-refractivity contribution is -0.140. The van der Waals surface area contributed by atoms with Crippen molar-refractivity contribution in [1.29, 1.82) is 0 Å². The largest absolute Gasteiger partial charge is 0.434 e. The van der Waals surface area contributed by atoms with Crippen molar-refractivity contribution < 1.29 is 22.8 Å². The Bertz CT molecular complexity index is 1410. The number of urea groups is 1. The molecule has 182 valence electrons. The number of aryl methyl sites for hydroxylation is 1. The van der Waals surface area contributed by atoms with Crippen LogP contribution in [-0.4, -0.2) is 48.1 Å². The van der Waals surface area contributed by atoms with E-state index in [1.165, 1.54) is 30.2 Å². The van der Waals surface area contributed by atoms with Crippen LogP contribution in [0.5, 0.6) is 0 Å². The summed E-state index contributed by atoms with van der Waals surface area (Å²) in [6.45, 7) is 3.49. The molecule has 0 fully saturated rings. The van der Waals surface area contributed by atoms with Crippen molar-refractivity contribution in [2.45, 2.75) is 20.0 Å². The first-order valence-corrected chi connectivity index (χ1v) is 11.7. The summed E-state index contributed by atoms with van der Waals surface area (Å²) >= 11 is 1.84. The van der Waals surface area contributed by atoms with Gasteiger partial charge in [-0.2, -0.15) is 18.3 Å². The van der Waals surface area contributed by atoms with Gasteiger partial charge in [0.1, 0.15) is 32.7 Å². The van der Waals surface area contributed by atoms with E-state index in [1.54, 1.807) is 14.0 Å². The van der Waals surface area contributed by atoms with Gasteiger partial charge in [0.25, 0.3) is 0 Å². The molecule has 4 rings (SSSR count). The third kappa shape index (κ3) is 5.05. The molecule has 0 saturated carbocycles. The van der Waals surface area contributed by atoms with Gasteiger partial charge < -0.3 is 5.32 Å². The number of halogens is 3. The minimum atomic E-state index is -4.62. The first kappa shape index (κ1) is 24.4. The number of hydrogen-bond acceptors (Lipinski definition) is 9. The van der Waals surface area contributed by atoms with Crippen LogP contribution in [0.2, 0.25) is 0 Å². The van der Waals surface area contributed by atoms with E-state index in [-0.39, 0.29) is 22.2 Å². The first-order chi connectivity index (χ1) is 16.6. The molecule has 0 spiro atoms. The summed E-state index contributed by atoms with van der Waals surface area (Å²) in [5.74, 6) is 0.204. The fourth-order valence-electron chi connectivity index (χ4n) is 3.06. The van der Waals surface area contributed by atoms with Crippen LogP contribution in [0.4, 0.5) is 23.8 Å². The minimum Gasteiger partial charge on any atom is -0.338 e. The normalized spacial score (nSPS) is 11.5. The summed E-state index contributed by atoms with van der Waals surface area (Å²) in [6, 6.07) is 0.895. The molecule has 4 aromatic rings. The SMILES string of the molecule is CCNC(=O)Nc1cc(-c2nc(C(F)(F)F)cs2)c(-c2nc(-c3ncnn3C)c(C(C)=O)s2)cn1. The minimum absolute atomic E-state index is 0.0495. The Balaban J connectivity index is 1.87. The van der Waals surface area contributed by atoms with Crippen molar-refractivity contribution in [2.24, 2.45) is 7.05 Å². The Labute approximate surface area is 204 Å². The quantitative estimate of drug-likeness (QED) is 0.357. The van der Waals surface area contributed by atoms with E-state index < -0.39 is 17.9 Å². The Hall–Kier alpha value is -3.72. The van der Waals surface area contributed by atoms with Crippen LogP contribution in [0.15, 0.2) is 24.0 Å². The van der Waals surface area contributed by atoms with Crippen LogP contribution >= 0.6 is 22.7 Å². The summed E-state index contributed by atoms with van der Waals surface area (Å²) in [6.07, 6.45) is -1.93. The predicted octanol–water partition coefficient (Wildman–Crippen LogP) is 4.49. The van der Waals surface area contributed by atoms with Crippen molar-refractivity contribution in [3.63, 3.8) is 0 Å². The van der Waals surface area contributed by atoms with Crippen LogP contribution in [0.3, 0.4) is 0 Å². The lowest BCUT2D eigenvalue weighted by Gasteiger charge is -2.09. The molecule has 0 unspecified atom stereocenters. The maximum Gasteiger partial charge on any atom is 0.434 e. The number of aromatic nitrogens is 6. The molecule has 0 aliphatic carbocycles. The molecular weight excluding hydrogens is 505 g/mol. The molecule has 15 heteroatoms. The van der Waals surface area contributed by atoms with Crippen LogP contribution in [0, 0.1) is 0 Å². The summed E-state index contributed by atoms with van der Waals surface area (Å²) in [7, 11) is 1.65. The molecule has 0 aliphatic rings. The van der Waals surface area contributed by atoms with Gasteiger partial charge in [-0.3, -0.25) is 10.1 Å². The van der Waals surface area contributed by atoms with Crippen molar-refractivity contribution in [2.75, 3.05) is 11.9 Å². The molecular formula is C20H17F3N8O2S2. The monoisotopic (exact) mass is 522 g/mol. The molecule has 4 aromatic heterocycles. The highest BCUT2D eigenvalue weighted by Gasteiger charge is 2.34. The van der Waals surface area contributed by atoms with Crippen molar-refractivity contribution in [3.05, 3.63) is 34.5 Å². The number of pyridine rings is 1. The average Bonchev–Trinajstić information content (AvgIpc) is 3.52. The molecule has 2 N–H and O–H groups in total. The van der Waals surface area contributed by atoms with Gasteiger partial charge in [-0.15, -0.1) is 22.7 Å². The fraction of sp³-hybridized carbons (Fsp3) is 0.250. The highest BCUT2D eigenvalue weighted by Crippen LogP contribution is 2.41. The maximum atomic E-state index is 13.2. The number of anilines is 1. The van der Waals surface area contributed by atoms with Gasteiger partial charge in [-0.25, -0.2) is 29.4 Å². The Morgan fingerprint density at radius 2 is 1.91 bits per heavy atom. The second-order valence-corrected chi connectivity index (χ2v) is 8.95. The number of amides is 2. The number of rotatable bonds is 6. The number of nitrogens with zero attached hydrogens (tertiary/aromatic N) is 6. The van der Waals surface area contributed by atoms with Gasteiger partial charge in [0.15, 0.2) is 17.3 Å². The predicted molar refractivity (Wildman–Crippen MR) is 124 cm³/mol. The fourth-order valence-corrected chi connectivity index (χ4v) is 4.89. The van der Waals surface area contributed by atoms with Crippen LogP contribution in [0.25, 0.3) is 32.7 Å². The number of alkyl halides is 3. The number of nitrogens with one attached hydrogen (secondary N) is 2. The number of carbonyl (C=O) groups is 2. The zero-order valence-electron chi connectivity index (χ0n) is 18.5. The molecule has 35 heavy (non-hydrogen) atoms. The zero-order valence-corrected chi connectivity index (χ0v) is 20.1. The summed E-state index contributed by atoms with van der Waals surface area (Å²) < 4.78 is 41.1. The third-order valence-electron chi connectivity index (χ3n) is 4.61. The van der Waals surface area contributed by atoms with Crippen molar-refractivity contribution in [3.8, 4) is 32.7 Å². The van der Waals surface area contributed by atoms with Gasteiger partial charge in [0.05, 0.1) is 0 Å². The molecule has 0 bridgehead atoms. The molecule has 4 heterocycles. The van der Waals surface area contributed by atoms with E-state index in [1.807, 2.05) is 0 Å². The Kier molecular flexibility index (Phi) is 6.62. The number of Topliss-reactive ketones (excluding diaryl/α,β-unsaturated/α-hetero) is 1. The van der Waals surface area contributed by atoms with E-state index in [0.717, 1.165) is 28.1 Å². The highest BCUT2D eigenvalue weighted by atomic mass is 32.1. The van der Waals surface area contributed by atoms with Gasteiger partial charge in [-0.05, 0) is 13.0 Å². The van der Waals surface area contributed by atoms with E-state index in [2.05, 4.69) is 35.7 Å². The van der Waals surface area contributed by atoms with Gasteiger partial charge in [0, 0.05) is 43.2 Å². The molecule has 0 saturated heterocycles. The second-order valence-electron chi connectivity index (χ2n) is 7.10. The summed E-state index contributed by atoms with van der Waals surface area (Å²) in [5.41, 5.74) is -0.138. The van der Waals surface area contributed by atoms with Crippen molar-refractivity contribution >= 4 is 40.3 Å². The van der Waals surface area contributed by atoms with E-state index >= 15 is 0 Å². The standard InChI is InChI=1S/C20H17F3N8O2S2/c1-4-24-19(33)29-13-5-10(17-28-12(7-34-17)20(21,22)23)11(6-25-13)18-30-14(15(35-18)9(2)32)16-26-8-27-31(16)3/h5-8H,4H2,1-3H3,(H2,24,25,29,33). The Morgan fingerprint density at radius 1 is 1.14 bits per heavy atom.